The predicted octanol–water partition coefficient (Wildman–Crippen LogP) is 5.00. The van der Waals surface area contributed by atoms with Crippen LogP contribution in [0.2, 0.25) is 0 Å². The maximum Gasteiger partial charge on any atom is 0.210 e. The molecule has 0 aromatic heterocycles. The first-order chi connectivity index (χ1) is 14.9. The van der Waals surface area contributed by atoms with Crippen molar-refractivity contribution in [1.82, 2.24) is 0 Å². The molecule has 1 aliphatic rings. The Morgan fingerprint density at radius 2 is 1.74 bits per heavy atom. The molecule has 0 fully saturated rings. The van der Waals surface area contributed by atoms with Crippen LogP contribution in [0.4, 0.5) is 11.4 Å². The SMILES string of the molecule is COc1ccc2c(c1)C(C)(C)C(/C=C/c1ccc(N(C)C)c3ccccc13)=[N+]2CCO. The molecule has 1 heterocycles. The number of aliphatic hydroxyl groups excluding tert-OH is 1. The molecule has 3 aromatic carbocycles. The number of β-amino-alcohol motifs (C(OH)–C–C–N with tert-alkyl or cyclic N) is 1. The molecule has 0 bridgehead atoms. The number of hydrogen-bond acceptors (Lipinski definition) is 3. The van der Waals surface area contributed by atoms with Crippen molar-refractivity contribution >= 4 is 33.9 Å². The number of fused-ring (bicyclic) bond motifs is 2. The number of hydrogen-bond donors (Lipinski definition) is 1. The largest absolute Gasteiger partial charge is 0.497 e. The van der Waals surface area contributed by atoms with Crippen molar-refractivity contribution in [3.63, 3.8) is 0 Å². The number of methoxy groups -OCH3 is 1. The molecule has 0 saturated carbocycles. The third-order valence-corrected chi connectivity index (χ3v) is 6.26. The molecule has 1 N–H and O–H groups in total. The number of ether oxygens (including phenoxy) is 1. The van der Waals surface area contributed by atoms with E-state index in [1.54, 1.807) is 7.11 Å². The Morgan fingerprint density at radius 3 is 2.42 bits per heavy atom. The van der Waals surface area contributed by atoms with Gasteiger partial charge in [0.15, 0.2) is 12.3 Å². The first-order valence-corrected chi connectivity index (χ1v) is 10.7. The van der Waals surface area contributed by atoms with Gasteiger partial charge in [0.05, 0.1) is 12.5 Å². The number of nitrogens with zero attached hydrogens (tertiary/aromatic N) is 2. The van der Waals surface area contributed by atoms with E-state index < -0.39 is 0 Å². The molecule has 0 spiro atoms. The van der Waals surface area contributed by atoms with Gasteiger partial charge in [-0.2, -0.15) is 4.58 Å². The highest BCUT2D eigenvalue weighted by atomic mass is 16.5. The highest BCUT2D eigenvalue weighted by Crippen LogP contribution is 2.42. The minimum atomic E-state index is -0.199. The second kappa shape index (κ2) is 8.20. The van der Waals surface area contributed by atoms with E-state index in [0.717, 1.165) is 11.4 Å². The van der Waals surface area contributed by atoms with Crippen molar-refractivity contribution in [1.29, 1.82) is 0 Å². The van der Waals surface area contributed by atoms with Crippen molar-refractivity contribution in [3.05, 3.63) is 71.8 Å². The fraction of sp³-hybridized carbons (Fsp3) is 0.296. The van der Waals surface area contributed by atoms with Crippen LogP contribution in [0.5, 0.6) is 5.75 Å². The van der Waals surface area contributed by atoms with Gasteiger partial charge < -0.3 is 14.7 Å². The monoisotopic (exact) mass is 415 g/mol. The number of anilines is 1. The van der Waals surface area contributed by atoms with E-state index in [-0.39, 0.29) is 12.0 Å². The second-order valence-corrected chi connectivity index (χ2v) is 8.72. The summed E-state index contributed by atoms with van der Waals surface area (Å²) in [6, 6.07) is 19.1. The fourth-order valence-electron chi connectivity index (χ4n) is 4.63. The molecule has 0 unspecified atom stereocenters. The Bertz CT molecular complexity index is 1190. The Morgan fingerprint density at radius 1 is 1.00 bits per heavy atom. The van der Waals surface area contributed by atoms with Gasteiger partial charge in [-0.05, 0) is 49.1 Å². The van der Waals surface area contributed by atoms with Gasteiger partial charge in [0, 0.05) is 42.9 Å². The number of allylic oxidation sites excluding steroid dienone is 1. The highest BCUT2D eigenvalue weighted by molar-refractivity contribution is 6.07. The van der Waals surface area contributed by atoms with Crippen LogP contribution in [-0.2, 0) is 5.41 Å². The zero-order valence-electron chi connectivity index (χ0n) is 19.0. The summed E-state index contributed by atoms with van der Waals surface area (Å²) in [5, 5.41) is 12.2. The molecule has 31 heavy (non-hydrogen) atoms. The highest BCUT2D eigenvalue weighted by Gasteiger charge is 2.44. The molecule has 4 heteroatoms. The van der Waals surface area contributed by atoms with E-state index in [1.165, 1.54) is 33.3 Å². The lowest BCUT2D eigenvalue weighted by Gasteiger charge is -2.17. The topological polar surface area (TPSA) is 35.7 Å². The first kappa shape index (κ1) is 21.1. The number of aliphatic hydroxyl groups is 1. The van der Waals surface area contributed by atoms with Crippen molar-refractivity contribution < 1.29 is 14.4 Å². The van der Waals surface area contributed by atoms with Crippen LogP contribution in [-0.4, -0.2) is 49.8 Å². The Kier molecular flexibility index (Phi) is 5.59. The molecule has 3 aromatic rings. The van der Waals surface area contributed by atoms with Gasteiger partial charge in [-0.1, -0.05) is 30.3 Å². The van der Waals surface area contributed by atoms with Gasteiger partial charge in [0.1, 0.15) is 12.4 Å². The third-order valence-electron chi connectivity index (χ3n) is 6.26. The van der Waals surface area contributed by atoms with Crippen LogP contribution in [0.25, 0.3) is 16.8 Å². The smallest absolute Gasteiger partial charge is 0.210 e. The van der Waals surface area contributed by atoms with Crippen molar-refractivity contribution in [2.75, 3.05) is 39.3 Å². The molecule has 1 aliphatic heterocycles. The van der Waals surface area contributed by atoms with Gasteiger partial charge in [-0.25, -0.2) is 0 Å². The van der Waals surface area contributed by atoms with E-state index in [9.17, 15) is 5.11 Å². The van der Waals surface area contributed by atoms with Crippen molar-refractivity contribution in [2.45, 2.75) is 19.3 Å². The number of rotatable bonds is 6. The van der Waals surface area contributed by atoms with Gasteiger partial charge in [0.25, 0.3) is 0 Å². The zero-order valence-corrected chi connectivity index (χ0v) is 19.0. The second-order valence-electron chi connectivity index (χ2n) is 8.72. The molecule has 0 saturated heterocycles. The van der Waals surface area contributed by atoms with Crippen molar-refractivity contribution in [2.24, 2.45) is 0 Å². The van der Waals surface area contributed by atoms with Gasteiger partial charge in [0.2, 0.25) is 5.69 Å². The molecule has 0 radical (unpaired) electrons. The van der Waals surface area contributed by atoms with Crippen LogP contribution in [0.3, 0.4) is 0 Å². The van der Waals surface area contributed by atoms with Gasteiger partial charge >= 0.3 is 0 Å². The average Bonchev–Trinajstić information content (AvgIpc) is 2.97. The van der Waals surface area contributed by atoms with Gasteiger partial charge in [-0.15, -0.1) is 0 Å². The van der Waals surface area contributed by atoms with Crippen LogP contribution < -0.4 is 9.64 Å². The standard InChI is InChI=1S/C27H31N2O2/c1-27(2)23-18-20(31-5)12-14-25(23)29(16-17-30)26(27)15-11-19-10-13-24(28(3)4)22-9-7-6-8-21(19)22/h6-15,18,30H,16-17H2,1-5H3/q+1. The summed E-state index contributed by atoms with van der Waals surface area (Å²) >= 11 is 0. The molecular formula is C27H31N2O2+. The summed E-state index contributed by atoms with van der Waals surface area (Å²) in [6.45, 7) is 5.12. The first-order valence-electron chi connectivity index (χ1n) is 10.7. The Labute approximate surface area is 184 Å². The normalized spacial score (nSPS) is 15.0. The lowest BCUT2D eigenvalue weighted by Crippen LogP contribution is -2.28. The van der Waals surface area contributed by atoms with E-state index in [4.69, 9.17) is 4.74 Å². The van der Waals surface area contributed by atoms with Crippen LogP contribution >= 0.6 is 0 Å². The minimum absolute atomic E-state index is 0.0966. The van der Waals surface area contributed by atoms with E-state index in [1.807, 2.05) is 6.07 Å². The minimum Gasteiger partial charge on any atom is -0.497 e. The van der Waals surface area contributed by atoms with Crippen LogP contribution in [0, 0.1) is 0 Å². The lowest BCUT2D eigenvalue weighted by molar-refractivity contribution is -0.440. The average molecular weight is 416 g/mol. The molecule has 4 rings (SSSR count). The molecule has 160 valence electrons. The van der Waals surface area contributed by atoms with Crippen LogP contribution in [0.15, 0.2) is 60.7 Å². The quantitative estimate of drug-likeness (QED) is 0.576. The summed E-state index contributed by atoms with van der Waals surface area (Å²) in [5.74, 6) is 0.853. The molecule has 0 aliphatic carbocycles. The van der Waals surface area contributed by atoms with Crippen LogP contribution in [0.1, 0.15) is 25.0 Å². The molecule has 0 amide bonds. The summed E-state index contributed by atoms with van der Waals surface area (Å²) in [6.07, 6.45) is 4.41. The van der Waals surface area contributed by atoms with Gasteiger partial charge in [-0.3, -0.25) is 0 Å². The maximum atomic E-state index is 9.74. The maximum absolute atomic E-state index is 9.74. The van der Waals surface area contributed by atoms with E-state index >= 15 is 0 Å². The van der Waals surface area contributed by atoms with E-state index in [2.05, 4.69) is 98.1 Å². The molecule has 0 atom stereocenters. The Balaban J connectivity index is 1.83. The predicted molar refractivity (Wildman–Crippen MR) is 130 cm³/mol. The molecular weight excluding hydrogens is 384 g/mol. The summed E-state index contributed by atoms with van der Waals surface area (Å²) in [7, 11) is 5.85. The molecule has 4 nitrogen and oxygen atoms in total. The third kappa shape index (κ3) is 3.61. The summed E-state index contributed by atoms with van der Waals surface area (Å²) < 4.78 is 7.70. The number of benzene rings is 3. The lowest BCUT2D eigenvalue weighted by atomic mass is 9.81. The summed E-state index contributed by atoms with van der Waals surface area (Å²) in [4.78, 5) is 2.15. The Hall–Kier alpha value is -3.11. The van der Waals surface area contributed by atoms with E-state index in [0.29, 0.717) is 6.54 Å². The fourth-order valence-corrected chi connectivity index (χ4v) is 4.63. The van der Waals surface area contributed by atoms with Crippen molar-refractivity contribution in [3.8, 4) is 5.75 Å². The zero-order chi connectivity index (χ0) is 22.2. The summed E-state index contributed by atoms with van der Waals surface area (Å²) in [5.41, 5.74) is 5.71.